The maximum atomic E-state index is 12.2. The lowest BCUT2D eigenvalue weighted by Crippen LogP contribution is -2.42. The average Bonchev–Trinajstić information content (AvgIpc) is 2.82. The molecule has 1 N–H and O–H groups in total. The second-order valence-corrected chi connectivity index (χ2v) is 6.57. The van der Waals surface area contributed by atoms with Crippen LogP contribution in [0.4, 0.5) is 0 Å². The van der Waals surface area contributed by atoms with E-state index in [1.165, 1.54) is 11.3 Å². The largest absolute Gasteiger partial charge is 0.342 e. The van der Waals surface area contributed by atoms with Crippen LogP contribution in [0, 0.1) is 5.92 Å². The SMILES string of the molecule is CNCC1CCCN(C(=O)CCc2cc(Cl)cs2)C1. The van der Waals surface area contributed by atoms with Gasteiger partial charge in [-0.15, -0.1) is 11.3 Å². The Balaban J connectivity index is 1.79. The number of rotatable bonds is 5. The molecule has 0 spiro atoms. The molecule has 1 amide bonds. The molecule has 0 aliphatic carbocycles. The van der Waals surface area contributed by atoms with Gasteiger partial charge in [0.25, 0.3) is 0 Å². The number of carbonyl (C=O) groups excluding carboxylic acids is 1. The van der Waals surface area contributed by atoms with Crippen molar-refractivity contribution in [3.63, 3.8) is 0 Å². The fourth-order valence-electron chi connectivity index (χ4n) is 2.62. The van der Waals surface area contributed by atoms with Crippen molar-refractivity contribution in [2.45, 2.75) is 25.7 Å². The Kier molecular flexibility index (Phi) is 5.67. The molecule has 1 unspecified atom stereocenters. The van der Waals surface area contributed by atoms with Crippen molar-refractivity contribution >= 4 is 28.8 Å². The number of aryl methyl sites for hydroxylation is 1. The van der Waals surface area contributed by atoms with Crippen molar-refractivity contribution in [3.8, 4) is 0 Å². The van der Waals surface area contributed by atoms with E-state index in [9.17, 15) is 4.79 Å². The number of hydrogen-bond acceptors (Lipinski definition) is 3. The van der Waals surface area contributed by atoms with Crippen LogP contribution in [0.3, 0.4) is 0 Å². The van der Waals surface area contributed by atoms with Crippen LogP contribution in [0.5, 0.6) is 0 Å². The van der Waals surface area contributed by atoms with E-state index in [4.69, 9.17) is 11.6 Å². The summed E-state index contributed by atoms with van der Waals surface area (Å²) in [5, 5.41) is 5.91. The van der Waals surface area contributed by atoms with Crippen molar-refractivity contribution < 1.29 is 4.79 Å². The third-order valence-corrected chi connectivity index (χ3v) is 4.92. The third-order valence-electron chi connectivity index (χ3n) is 3.57. The highest BCUT2D eigenvalue weighted by Gasteiger charge is 2.22. The number of nitrogens with zero attached hydrogens (tertiary/aromatic N) is 1. The number of amides is 1. The Bertz CT molecular complexity index is 419. The van der Waals surface area contributed by atoms with Gasteiger partial charge in [0.15, 0.2) is 0 Å². The van der Waals surface area contributed by atoms with Gasteiger partial charge in [-0.25, -0.2) is 0 Å². The van der Waals surface area contributed by atoms with Gasteiger partial charge in [-0.05, 0) is 44.8 Å². The van der Waals surface area contributed by atoms with E-state index in [2.05, 4.69) is 5.32 Å². The van der Waals surface area contributed by atoms with E-state index in [1.807, 2.05) is 23.4 Å². The fraction of sp³-hybridized carbons (Fsp3) is 0.643. The molecule has 2 heterocycles. The summed E-state index contributed by atoms with van der Waals surface area (Å²) in [6, 6.07) is 1.96. The standard InChI is InChI=1S/C14H21ClN2OS/c1-16-8-11-3-2-6-17(9-11)14(18)5-4-13-7-12(15)10-19-13/h7,10-11,16H,2-6,8-9H2,1H3. The molecule has 1 aromatic heterocycles. The maximum absolute atomic E-state index is 12.2. The topological polar surface area (TPSA) is 32.3 Å². The lowest BCUT2D eigenvalue weighted by molar-refractivity contribution is -0.132. The first-order valence-electron chi connectivity index (χ1n) is 6.84. The van der Waals surface area contributed by atoms with E-state index in [1.54, 1.807) is 11.3 Å². The van der Waals surface area contributed by atoms with Gasteiger partial charge in [0.2, 0.25) is 5.91 Å². The van der Waals surface area contributed by atoms with Crippen molar-refractivity contribution in [2.24, 2.45) is 5.92 Å². The predicted molar refractivity (Wildman–Crippen MR) is 80.9 cm³/mol. The van der Waals surface area contributed by atoms with Crippen molar-refractivity contribution in [3.05, 3.63) is 21.3 Å². The molecule has 106 valence electrons. The molecular weight excluding hydrogens is 280 g/mol. The van der Waals surface area contributed by atoms with E-state index < -0.39 is 0 Å². The molecule has 0 aromatic carbocycles. The smallest absolute Gasteiger partial charge is 0.222 e. The first kappa shape index (κ1) is 14.8. The van der Waals surface area contributed by atoms with Gasteiger partial charge in [-0.2, -0.15) is 0 Å². The number of halogens is 1. The summed E-state index contributed by atoms with van der Waals surface area (Å²) in [4.78, 5) is 15.4. The summed E-state index contributed by atoms with van der Waals surface area (Å²) >= 11 is 7.52. The second kappa shape index (κ2) is 7.27. The Labute approximate surface area is 123 Å². The van der Waals surface area contributed by atoms with Crippen molar-refractivity contribution in [2.75, 3.05) is 26.7 Å². The lowest BCUT2D eigenvalue weighted by atomic mass is 9.97. The predicted octanol–water partition coefficient (Wildman–Crippen LogP) is 2.79. The average molecular weight is 301 g/mol. The van der Waals surface area contributed by atoms with E-state index in [0.717, 1.165) is 37.5 Å². The number of likely N-dealkylation sites (tertiary alicyclic amines) is 1. The summed E-state index contributed by atoms with van der Waals surface area (Å²) in [5.41, 5.74) is 0. The first-order valence-corrected chi connectivity index (χ1v) is 8.10. The van der Waals surface area contributed by atoms with Crippen LogP contribution in [0.15, 0.2) is 11.4 Å². The van der Waals surface area contributed by atoms with Crippen molar-refractivity contribution in [1.29, 1.82) is 0 Å². The maximum Gasteiger partial charge on any atom is 0.222 e. The van der Waals surface area contributed by atoms with Crippen LogP contribution < -0.4 is 5.32 Å². The Morgan fingerprint density at radius 2 is 2.47 bits per heavy atom. The molecular formula is C14H21ClN2OS. The van der Waals surface area contributed by atoms with Gasteiger partial charge < -0.3 is 10.2 Å². The third kappa shape index (κ3) is 4.48. The summed E-state index contributed by atoms with van der Waals surface area (Å²) in [6.45, 7) is 2.83. The molecule has 2 rings (SSSR count). The minimum absolute atomic E-state index is 0.283. The van der Waals surface area contributed by atoms with Crippen molar-refractivity contribution in [1.82, 2.24) is 10.2 Å². The lowest BCUT2D eigenvalue weighted by Gasteiger charge is -2.32. The molecule has 5 heteroatoms. The van der Waals surface area contributed by atoms with Gasteiger partial charge in [0.1, 0.15) is 0 Å². The van der Waals surface area contributed by atoms with E-state index >= 15 is 0 Å². The Morgan fingerprint density at radius 3 is 3.16 bits per heavy atom. The first-order chi connectivity index (χ1) is 9.19. The number of hydrogen-bond donors (Lipinski definition) is 1. The van der Waals surface area contributed by atoms with Crippen LogP contribution >= 0.6 is 22.9 Å². The highest BCUT2D eigenvalue weighted by molar-refractivity contribution is 7.10. The molecule has 0 radical (unpaired) electrons. The summed E-state index contributed by atoms with van der Waals surface area (Å²) in [7, 11) is 1.97. The summed E-state index contributed by atoms with van der Waals surface area (Å²) < 4.78 is 0. The summed E-state index contributed by atoms with van der Waals surface area (Å²) in [6.07, 6.45) is 3.76. The van der Waals surface area contributed by atoms with Crippen LogP contribution in [-0.4, -0.2) is 37.5 Å². The highest BCUT2D eigenvalue weighted by Crippen LogP contribution is 2.21. The molecule has 1 aliphatic rings. The minimum Gasteiger partial charge on any atom is -0.342 e. The molecule has 1 aliphatic heterocycles. The zero-order valence-corrected chi connectivity index (χ0v) is 12.9. The Hall–Kier alpha value is -0.580. The van der Waals surface area contributed by atoms with Gasteiger partial charge in [0, 0.05) is 29.8 Å². The van der Waals surface area contributed by atoms with Gasteiger partial charge in [-0.1, -0.05) is 11.6 Å². The number of thiophene rings is 1. The monoisotopic (exact) mass is 300 g/mol. The molecule has 3 nitrogen and oxygen atoms in total. The minimum atomic E-state index is 0.283. The zero-order chi connectivity index (χ0) is 13.7. The zero-order valence-electron chi connectivity index (χ0n) is 11.3. The fourth-order valence-corrected chi connectivity index (χ4v) is 3.70. The highest BCUT2D eigenvalue weighted by atomic mass is 35.5. The molecule has 0 bridgehead atoms. The number of nitrogens with one attached hydrogen (secondary N) is 1. The molecule has 1 saturated heterocycles. The van der Waals surface area contributed by atoms with Crippen LogP contribution in [-0.2, 0) is 11.2 Å². The molecule has 0 saturated carbocycles. The number of carbonyl (C=O) groups is 1. The normalized spacial score (nSPS) is 19.7. The van der Waals surface area contributed by atoms with Crippen LogP contribution in [0.25, 0.3) is 0 Å². The van der Waals surface area contributed by atoms with Gasteiger partial charge in [0.05, 0.1) is 5.02 Å². The molecule has 1 fully saturated rings. The van der Waals surface area contributed by atoms with Crippen LogP contribution in [0.1, 0.15) is 24.1 Å². The van der Waals surface area contributed by atoms with E-state index in [0.29, 0.717) is 12.3 Å². The Morgan fingerprint density at radius 1 is 1.63 bits per heavy atom. The second-order valence-electron chi connectivity index (χ2n) is 5.14. The molecule has 1 atom stereocenters. The van der Waals surface area contributed by atoms with Crippen LogP contribution in [0.2, 0.25) is 5.02 Å². The number of piperidine rings is 1. The quantitative estimate of drug-likeness (QED) is 0.907. The van der Waals surface area contributed by atoms with E-state index in [-0.39, 0.29) is 5.91 Å². The molecule has 1 aromatic rings. The molecule has 19 heavy (non-hydrogen) atoms. The van der Waals surface area contributed by atoms with Gasteiger partial charge >= 0.3 is 0 Å². The van der Waals surface area contributed by atoms with Gasteiger partial charge in [-0.3, -0.25) is 4.79 Å². The summed E-state index contributed by atoms with van der Waals surface area (Å²) in [5.74, 6) is 0.893.